The second-order valence-corrected chi connectivity index (χ2v) is 8.24. The summed E-state index contributed by atoms with van der Waals surface area (Å²) in [6.45, 7) is 4.12. The van der Waals surface area contributed by atoms with Gasteiger partial charge in [0.25, 0.3) is 17.1 Å². The third-order valence-electron chi connectivity index (χ3n) is 5.26. The Morgan fingerprint density at radius 2 is 1.97 bits per heavy atom. The number of nitrogens with one attached hydrogen (secondary N) is 2. The number of nitrogens with zero attached hydrogens (tertiary/aromatic N) is 1. The zero-order valence-electron chi connectivity index (χ0n) is 17.0. The number of aromatic amines is 1. The van der Waals surface area contributed by atoms with Crippen molar-refractivity contribution < 1.29 is 18.8 Å². The van der Waals surface area contributed by atoms with Crippen LogP contribution in [0.3, 0.4) is 0 Å². The Morgan fingerprint density at radius 1 is 1.19 bits per heavy atom. The number of aromatic nitrogens is 1. The molecule has 0 aliphatic carbocycles. The first-order valence-electron chi connectivity index (χ1n) is 9.72. The molecule has 1 aromatic heterocycles. The van der Waals surface area contributed by atoms with Gasteiger partial charge in [-0.2, -0.15) is 0 Å². The number of halogens is 1. The fourth-order valence-corrected chi connectivity index (χ4v) is 4.27. The molecule has 4 rings (SSSR count). The van der Waals surface area contributed by atoms with E-state index in [0.717, 1.165) is 38.8 Å². The number of thioether (sulfide) groups is 1. The van der Waals surface area contributed by atoms with Gasteiger partial charge in [0, 0.05) is 40.8 Å². The Hall–Kier alpha value is -3.39. The van der Waals surface area contributed by atoms with Crippen molar-refractivity contribution in [1.82, 2.24) is 15.2 Å². The van der Waals surface area contributed by atoms with Crippen LogP contribution in [0.4, 0.5) is 9.18 Å². The summed E-state index contributed by atoms with van der Waals surface area (Å²) in [5.41, 5.74) is 3.85. The monoisotopic (exact) mass is 437 g/mol. The first-order valence-corrected chi connectivity index (χ1v) is 10.5. The Bertz CT molecular complexity index is 1250. The fraction of sp³-hybridized carbons (Fsp3) is 0.174. The van der Waals surface area contributed by atoms with Gasteiger partial charge in [0.2, 0.25) is 0 Å². The van der Waals surface area contributed by atoms with Crippen LogP contribution in [-0.4, -0.2) is 40.0 Å². The maximum absolute atomic E-state index is 13.8. The fourth-order valence-electron chi connectivity index (χ4n) is 3.41. The third-order valence-corrected chi connectivity index (χ3v) is 6.16. The lowest BCUT2D eigenvalue weighted by atomic mass is 10.1. The third kappa shape index (κ3) is 4.11. The van der Waals surface area contributed by atoms with Crippen molar-refractivity contribution in [2.24, 2.45) is 0 Å². The molecule has 0 unspecified atom stereocenters. The number of hydrogen-bond acceptors (Lipinski definition) is 4. The molecule has 31 heavy (non-hydrogen) atoms. The average molecular weight is 437 g/mol. The van der Waals surface area contributed by atoms with E-state index >= 15 is 0 Å². The van der Waals surface area contributed by atoms with Crippen molar-refractivity contribution in [2.45, 2.75) is 13.8 Å². The smallest absolute Gasteiger partial charge is 0.293 e. The number of amides is 3. The highest BCUT2D eigenvalue weighted by Crippen LogP contribution is 2.32. The molecule has 1 fully saturated rings. The van der Waals surface area contributed by atoms with Crippen molar-refractivity contribution in [3.05, 3.63) is 75.6 Å². The molecule has 1 saturated heterocycles. The minimum atomic E-state index is -0.493. The molecule has 2 heterocycles. The van der Waals surface area contributed by atoms with E-state index in [2.05, 4.69) is 10.3 Å². The van der Waals surface area contributed by atoms with Crippen LogP contribution in [0.15, 0.2) is 47.4 Å². The van der Waals surface area contributed by atoms with E-state index in [1.165, 1.54) is 18.2 Å². The summed E-state index contributed by atoms with van der Waals surface area (Å²) in [4.78, 5) is 41.8. The Morgan fingerprint density at radius 3 is 2.74 bits per heavy atom. The predicted octanol–water partition coefficient (Wildman–Crippen LogP) is 4.39. The van der Waals surface area contributed by atoms with Gasteiger partial charge in [-0.3, -0.25) is 19.3 Å². The topological polar surface area (TPSA) is 82.3 Å². The standard InChI is InChI=1S/C23H20FN3O3S/c1-13-14(2)26-19-8-7-16(11-17(13)19)21(28)25-9-10-27-22(29)20(31-23(27)30)12-15-5-3-4-6-18(15)24/h3-8,11-12,26H,9-10H2,1-2H3,(H,25,28). The van der Waals surface area contributed by atoms with E-state index in [4.69, 9.17) is 0 Å². The van der Waals surface area contributed by atoms with Gasteiger partial charge in [-0.25, -0.2) is 4.39 Å². The molecule has 3 amide bonds. The van der Waals surface area contributed by atoms with Crippen LogP contribution in [0.2, 0.25) is 0 Å². The Balaban J connectivity index is 1.40. The molecular weight excluding hydrogens is 417 g/mol. The lowest BCUT2D eigenvalue weighted by molar-refractivity contribution is -0.122. The quantitative estimate of drug-likeness (QED) is 0.580. The summed E-state index contributed by atoms with van der Waals surface area (Å²) in [5.74, 6) is -1.24. The van der Waals surface area contributed by atoms with Crippen molar-refractivity contribution in [1.29, 1.82) is 0 Å². The van der Waals surface area contributed by atoms with Crippen LogP contribution in [0.25, 0.3) is 17.0 Å². The van der Waals surface area contributed by atoms with Crippen LogP contribution >= 0.6 is 11.8 Å². The molecule has 0 spiro atoms. The van der Waals surface area contributed by atoms with E-state index in [1.54, 1.807) is 18.2 Å². The number of imide groups is 1. The van der Waals surface area contributed by atoms with E-state index < -0.39 is 17.0 Å². The number of benzene rings is 2. The van der Waals surface area contributed by atoms with Gasteiger partial charge < -0.3 is 10.3 Å². The summed E-state index contributed by atoms with van der Waals surface area (Å²) in [7, 11) is 0. The molecule has 0 atom stereocenters. The number of carbonyl (C=O) groups excluding carboxylic acids is 3. The summed E-state index contributed by atoms with van der Waals surface area (Å²) < 4.78 is 13.8. The predicted molar refractivity (Wildman–Crippen MR) is 119 cm³/mol. The molecule has 1 aliphatic heterocycles. The van der Waals surface area contributed by atoms with Crippen LogP contribution < -0.4 is 5.32 Å². The summed E-state index contributed by atoms with van der Waals surface area (Å²) in [6.07, 6.45) is 1.37. The van der Waals surface area contributed by atoms with Gasteiger partial charge in [-0.1, -0.05) is 18.2 Å². The van der Waals surface area contributed by atoms with Crippen molar-refractivity contribution in [3.8, 4) is 0 Å². The zero-order valence-corrected chi connectivity index (χ0v) is 17.8. The lowest BCUT2D eigenvalue weighted by Crippen LogP contribution is -2.37. The van der Waals surface area contributed by atoms with Crippen LogP contribution in [0, 0.1) is 19.7 Å². The first kappa shape index (κ1) is 20.9. The van der Waals surface area contributed by atoms with E-state index in [0.29, 0.717) is 5.56 Å². The van der Waals surface area contributed by atoms with Crippen LogP contribution in [-0.2, 0) is 4.79 Å². The first-order chi connectivity index (χ1) is 14.8. The average Bonchev–Trinajstić information content (AvgIpc) is 3.18. The molecular formula is C23H20FN3O3S. The molecule has 0 saturated carbocycles. The molecule has 6 nitrogen and oxygen atoms in total. The number of hydrogen-bond donors (Lipinski definition) is 2. The van der Waals surface area contributed by atoms with Gasteiger partial charge in [0.05, 0.1) is 4.91 Å². The van der Waals surface area contributed by atoms with Gasteiger partial charge in [-0.15, -0.1) is 0 Å². The molecule has 0 bridgehead atoms. The summed E-state index contributed by atoms with van der Waals surface area (Å²) in [5, 5.41) is 3.29. The highest BCUT2D eigenvalue weighted by atomic mass is 32.2. The van der Waals surface area contributed by atoms with Gasteiger partial charge >= 0.3 is 0 Å². The maximum Gasteiger partial charge on any atom is 0.293 e. The number of fused-ring (bicyclic) bond motifs is 1. The maximum atomic E-state index is 13.8. The van der Waals surface area contributed by atoms with E-state index in [-0.39, 0.29) is 29.5 Å². The molecule has 2 aromatic carbocycles. The molecule has 1 aliphatic rings. The van der Waals surface area contributed by atoms with Crippen molar-refractivity contribution in [3.63, 3.8) is 0 Å². The number of rotatable bonds is 5. The minimum absolute atomic E-state index is 0.0373. The molecule has 2 N–H and O–H groups in total. The number of H-pyrrole nitrogens is 1. The molecule has 8 heteroatoms. The van der Waals surface area contributed by atoms with Gasteiger partial charge in [0.15, 0.2) is 0 Å². The second-order valence-electron chi connectivity index (χ2n) is 7.25. The Labute approximate surface area is 182 Å². The lowest BCUT2D eigenvalue weighted by Gasteiger charge is -2.13. The normalized spacial score (nSPS) is 15.3. The van der Waals surface area contributed by atoms with Gasteiger partial charge in [0.1, 0.15) is 5.82 Å². The van der Waals surface area contributed by atoms with E-state index in [9.17, 15) is 18.8 Å². The molecule has 158 valence electrons. The highest BCUT2D eigenvalue weighted by Gasteiger charge is 2.34. The SMILES string of the molecule is Cc1[nH]c2ccc(C(=O)NCCN3C(=O)SC(=Cc4ccccc4F)C3=O)cc2c1C. The van der Waals surface area contributed by atoms with Crippen molar-refractivity contribution in [2.75, 3.05) is 13.1 Å². The number of carbonyl (C=O) groups is 3. The minimum Gasteiger partial charge on any atom is -0.358 e. The summed E-state index contributed by atoms with van der Waals surface area (Å²) >= 11 is 0.762. The summed E-state index contributed by atoms with van der Waals surface area (Å²) in [6, 6.07) is 11.4. The zero-order chi connectivity index (χ0) is 22.1. The van der Waals surface area contributed by atoms with E-state index in [1.807, 2.05) is 26.0 Å². The van der Waals surface area contributed by atoms with Crippen LogP contribution in [0.1, 0.15) is 27.2 Å². The van der Waals surface area contributed by atoms with Crippen LogP contribution in [0.5, 0.6) is 0 Å². The second kappa shape index (κ2) is 8.39. The molecule has 3 aromatic rings. The van der Waals surface area contributed by atoms with Crippen molar-refractivity contribution >= 4 is 45.8 Å². The highest BCUT2D eigenvalue weighted by molar-refractivity contribution is 8.18. The molecule has 0 radical (unpaired) electrons. The van der Waals surface area contributed by atoms with Gasteiger partial charge in [-0.05, 0) is 61.5 Å². The number of aryl methyl sites for hydroxylation is 2. The largest absolute Gasteiger partial charge is 0.358 e. The Kier molecular flexibility index (Phi) is 5.65.